The maximum atomic E-state index is 5.92. The predicted molar refractivity (Wildman–Crippen MR) is 124 cm³/mol. The lowest BCUT2D eigenvalue weighted by Crippen LogP contribution is -2.37. The first-order valence-corrected chi connectivity index (χ1v) is 11.0. The van der Waals surface area contributed by atoms with Crippen LogP contribution in [-0.4, -0.2) is 62.6 Å². The number of aromatic nitrogens is 6. The fraction of sp³-hybridized carbons (Fsp3) is 0.292. The van der Waals surface area contributed by atoms with E-state index in [1.807, 2.05) is 24.4 Å². The number of rotatable bonds is 7. The highest BCUT2D eigenvalue weighted by Gasteiger charge is 2.17. The maximum Gasteiger partial charge on any atom is 0.320 e. The second-order valence-corrected chi connectivity index (χ2v) is 7.78. The largest absolute Gasteiger partial charge is 0.463 e. The molecule has 0 saturated carbocycles. The fourth-order valence-electron chi connectivity index (χ4n) is 3.65. The van der Waals surface area contributed by atoms with Crippen molar-refractivity contribution < 1.29 is 9.47 Å². The monoisotopic (exact) mass is 443 g/mol. The number of hydrogen-bond acceptors (Lipinski definition) is 8. The maximum absolute atomic E-state index is 5.92. The van der Waals surface area contributed by atoms with Gasteiger partial charge in [-0.15, -0.1) is 0 Å². The fourth-order valence-corrected chi connectivity index (χ4v) is 3.65. The molecule has 0 aliphatic carbocycles. The molecule has 5 rings (SSSR count). The molecule has 0 atom stereocenters. The molecular formula is C24H25N7O2. The molecule has 3 aromatic heterocycles. The Balaban J connectivity index is 1.41. The van der Waals surface area contributed by atoms with Crippen LogP contribution in [0.15, 0.2) is 61.2 Å². The van der Waals surface area contributed by atoms with Crippen molar-refractivity contribution in [3.63, 3.8) is 0 Å². The second kappa shape index (κ2) is 9.74. The summed E-state index contributed by atoms with van der Waals surface area (Å²) >= 11 is 0. The van der Waals surface area contributed by atoms with Crippen LogP contribution in [0.5, 0.6) is 6.01 Å². The smallest absolute Gasteiger partial charge is 0.320 e. The van der Waals surface area contributed by atoms with Crippen LogP contribution in [0.1, 0.15) is 11.3 Å². The van der Waals surface area contributed by atoms with Crippen LogP contribution in [-0.2, 0) is 11.2 Å². The van der Waals surface area contributed by atoms with Crippen molar-refractivity contribution in [1.29, 1.82) is 0 Å². The Hall–Kier alpha value is -3.85. The molecule has 0 amide bonds. The first kappa shape index (κ1) is 21.0. The van der Waals surface area contributed by atoms with Crippen LogP contribution in [0.3, 0.4) is 0 Å². The number of ether oxygens (including phenoxy) is 2. The molecule has 9 heteroatoms. The molecule has 1 saturated heterocycles. The summed E-state index contributed by atoms with van der Waals surface area (Å²) in [6.45, 7) is 5.35. The van der Waals surface area contributed by atoms with Crippen molar-refractivity contribution in [2.75, 3.05) is 37.8 Å². The van der Waals surface area contributed by atoms with Crippen LogP contribution in [0.25, 0.3) is 17.1 Å². The van der Waals surface area contributed by atoms with Gasteiger partial charge >= 0.3 is 6.01 Å². The van der Waals surface area contributed by atoms with E-state index in [9.17, 15) is 0 Å². The Morgan fingerprint density at radius 1 is 1.03 bits per heavy atom. The SMILES string of the molecule is Cc1cccc(-c2ccn(-c3cc(N4CCOCC4)nc(OCCc4cnccn4)n3)n2)c1. The van der Waals surface area contributed by atoms with Gasteiger partial charge in [0.15, 0.2) is 5.82 Å². The van der Waals surface area contributed by atoms with Gasteiger partial charge in [0.05, 0.1) is 31.2 Å². The Bertz CT molecular complexity index is 1210. The van der Waals surface area contributed by atoms with E-state index in [1.54, 1.807) is 23.3 Å². The molecule has 0 unspecified atom stereocenters. The van der Waals surface area contributed by atoms with Gasteiger partial charge in [-0.3, -0.25) is 9.97 Å². The second-order valence-electron chi connectivity index (χ2n) is 7.78. The summed E-state index contributed by atoms with van der Waals surface area (Å²) in [5.74, 6) is 1.45. The summed E-state index contributed by atoms with van der Waals surface area (Å²) in [4.78, 5) is 19.8. The third kappa shape index (κ3) is 5.15. The quantitative estimate of drug-likeness (QED) is 0.431. The van der Waals surface area contributed by atoms with Crippen molar-refractivity contribution in [3.8, 4) is 23.1 Å². The van der Waals surface area contributed by atoms with E-state index < -0.39 is 0 Å². The van der Waals surface area contributed by atoms with Gasteiger partial charge in [-0.2, -0.15) is 15.1 Å². The zero-order chi connectivity index (χ0) is 22.5. The van der Waals surface area contributed by atoms with E-state index >= 15 is 0 Å². The molecule has 9 nitrogen and oxygen atoms in total. The Morgan fingerprint density at radius 2 is 1.91 bits per heavy atom. The normalized spacial score (nSPS) is 13.8. The van der Waals surface area contributed by atoms with Crippen LogP contribution < -0.4 is 9.64 Å². The number of morpholine rings is 1. The number of aryl methyl sites for hydroxylation is 1. The van der Waals surface area contributed by atoms with Gasteiger partial charge < -0.3 is 14.4 Å². The first-order chi connectivity index (χ1) is 16.2. The van der Waals surface area contributed by atoms with Crippen LogP contribution >= 0.6 is 0 Å². The third-order valence-electron chi connectivity index (χ3n) is 5.36. The van der Waals surface area contributed by atoms with Gasteiger partial charge in [0.25, 0.3) is 0 Å². The van der Waals surface area contributed by atoms with E-state index in [2.05, 4.69) is 50.0 Å². The highest BCUT2D eigenvalue weighted by Crippen LogP contribution is 2.23. The van der Waals surface area contributed by atoms with E-state index in [4.69, 9.17) is 14.6 Å². The molecular weight excluding hydrogens is 418 g/mol. The van der Waals surface area contributed by atoms with Crippen molar-refractivity contribution >= 4 is 5.82 Å². The minimum Gasteiger partial charge on any atom is -0.463 e. The number of hydrogen-bond donors (Lipinski definition) is 0. The van der Waals surface area contributed by atoms with Crippen molar-refractivity contribution in [3.05, 3.63) is 72.4 Å². The summed E-state index contributed by atoms with van der Waals surface area (Å²) in [5, 5.41) is 4.76. The van der Waals surface area contributed by atoms with Gasteiger partial charge in [0.2, 0.25) is 0 Å². The topological polar surface area (TPSA) is 91.1 Å². The zero-order valence-electron chi connectivity index (χ0n) is 18.5. The minimum atomic E-state index is 0.311. The standard InChI is InChI=1S/C24H25N7O2/c1-18-3-2-4-19(15-18)21-5-9-31(29-21)23-16-22(30-10-13-32-14-11-30)27-24(28-23)33-12-6-20-17-25-7-8-26-20/h2-5,7-9,15-17H,6,10-14H2,1H3. The highest BCUT2D eigenvalue weighted by atomic mass is 16.5. The molecule has 0 spiro atoms. The highest BCUT2D eigenvalue weighted by molar-refractivity contribution is 5.60. The molecule has 1 aromatic carbocycles. The van der Waals surface area contributed by atoms with Gasteiger partial charge in [-0.25, -0.2) is 4.68 Å². The molecule has 4 heterocycles. The van der Waals surface area contributed by atoms with Gasteiger partial charge in [0, 0.05) is 55.9 Å². The Kier molecular flexibility index (Phi) is 6.21. The molecule has 168 valence electrons. The molecule has 1 fully saturated rings. The number of nitrogens with zero attached hydrogens (tertiary/aromatic N) is 7. The van der Waals surface area contributed by atoms with Gasteiger partial charge in [-0.1, -0.05) is 23.8 Å². The lowest BCUT2D eigenvalue weighted by Gasteiger charge is -2.28. The van der Waals surface area contributed by atoms with Crippen LogP contribution in [0.4, 0.5) is 5.82 Å². The lowest BCUT2D eigenvalue weighted by atomic mass is 10.1. The molecule has 0 bridgehead atoms. The van der Waals surface area contributed by atoms with E-state index in [-0.39, 0.29) is 0 Å². The lowest BCUT2D eigenvalue weighted by molar-refractivity contribution is 0.122. The number of anilines is 1. The average molecular weight is 444 g/mol. The Labute approximate surface area is 192 Å². The van der Waals surface area contributed by atoms with Crippen molar-refractivity contribution in [1.82, 2.24) is 29.7 Å². The summed E-state index contributed by atoms with van der Waals surface area (Å²) in [5.41, 5.74) is 4.00. The minimum absolute atomic E-state index is 0.311. The van der Waals surface area contributed by atoms with Crippen molar-refractivity contribution in [2.24, 2.45) is 0 Å². The summed E-state index contributed by atoms with van der Waals surface area (Å²) < 4.78 is 13.2. The molecule has 1 aliphatic heterocycles. The summed E-state index contributed by atoms with van der Waals surface area (Å²) in [6, 6.07) is 12.5. The van der Waals surface area contributed by atoms with E-state index in [1.165, 1.54) is 5.56 Å². The summed E-state index contributed by atoms with van der Waals surface area (Å²) in [7, 11) is 0. The summed E-state index contributed by atoms with van der Waals surface area (Å²) in [6.07, 6.45) is 7.59. The van der Waals surface area contributed by atoms with Crippen LogP contribution in [0.2, 0.25) is 0 Å². The Morgan fingerprint density at radius 3 is 2.73 bits per heavy atom. The van der Waals surface area contributed by atoms with Crippen molar-refractivity contribution in [2.45, 2.75) is 13.3 Å². The molecule has 4 aromatic rings. The molecule has 0 radical (unpaired) electrons. The van der Waals surface area contributed by atoms with Crippen LogP contribution in [0, 0.1) is 6.92 Å². The van der Waals surface area contributed by atoms with E-state index in [0.717, 1.165) is 35.9 Å². The number of benzene rings is 1. The first-order valence-electron chi connectivity index (χ1n) is 11.0. The van der Waals surface area contributed by atoms with Gasteiger partial charge in [-0.05, 0) is 19.1 Å². The predicted octanol–water partition coefficient (Wildman–Crippen LogP) is 2.89. The molecule has 1 aliphatic rings. The van der Waals surface area contributed by atoms with E-state index in [0.29, 0.717) is 38.1 Å². The van der Waals surface area contributed by atoms with Gasteiger partial charge in [0.1, 0.15) is 5.82 Å². The zero-order valence-corrected chi connectivity index (χ0v) is 18.5. The molecule has 0 N–H and O–H groups in total. The molecule has 33 heavy (non-hydrogen) atoms. The average Bonchev–Trinajstić information content (AvgIpc) is 3.36. The third-order valence-corrected chi connectivity index (χ3v) is 5.36.